The van der Waals surface area contributed by atoms with E-state index in [2.05, 4.69) is 37.1 Å². The molecule has 2 saturated carbocycles. The zero-order valence-corrected chi connectivity index (χ0v) is 12.8. The van der Waals surface area contributed by atoms with Crippen LogP contribution in [0.2, 0.25) is 0 Å². The average molecular weight is 263 g/mol. The number of nitriles is 1. The normalized spacial score (nSPS) is 22.5. The third-order valence-electron chi connectivity index (χ3n) is 4.54. The van der Waals surface area contributed by atoms with Crippen molar-refractivity contribution < 1.29 is 0 Å². The quantitative estimate of drug-likeness (QED) is 0.695. The summed E-state index contributed by atoms with van der Waals surface area (Å²) in [7, 11) is 0. The van der Waals surface area contributed by atoms with Crippen LogP contribution in [0, 0.1) is 23.2 Å². The van der Waals surface area contributed by atoms with E-state index >= 15 is 0 Å². The van der Waals surface area contributed by atoms with Crippen molar-refractivity contribution in [2.24, 2.45) is 11.8 Å². The van der Waals surface area contributed by atoms with Gasteiger partial charge in [-0.1, -0.05) is 6.92 Å². The van der Waals surface area contributed by atoms with Crippen LogP contribution in [-0.2, 0) is 0 Å². The molecule has 108 valence electrons. The molecule has 3 nitrogen and oxygen atoms in total. The van der Waals surface area contributed by atoms with Gasteiger partial charge < -0.3 is 0 Å². The number of hydrogen-bond acceptors (Lipinski definition) is 3. The summed E-state index contributed by atoms with van der Waals surface area (Å²) in [6.45, 7) is 9.74. The third kappa shape index (κ3) is 3.94. The molecule has 0 spiro atoms. The Labute approximate surface area is 118 Å². The van der Waals surface area contributed by atoms with E-state index in [4.69, 9.17) is 0 Å². The lowest BCUT2D eigenvalue weighted by molar-refractivity contribution is 0.155. The van der Waals surface area contributed by atoms with Crippen LogP contribution in [0.15, 0.2) is 0 Å². The Balaban J connectivity index is 2.01. The maximum Gasteiger partial charge on any atom is 0.122 e. The summed E-state index contributed by atoms with van der Waals surface area (Å²) in [5.74, 6) is 1.47. The lowest BCUT2D eigenvalue weighted by Gasteiger charge is -2.36. The van der Waals surface area contributed by atoms with E-state index in [1.165, 1.54) is 32.2 Å². The predicted molar refractivity (Wildman–Crippen MR) is 78.8 cm³/mol. The van der Waals surface area contributed by atoms with Crippen LogP contribution in [-0.4, -0.2) is 36.1 Å². The van der Waals surface area contributed by atoms with Gasteiger partial charge in [0.1, 0.15) is 5.54 Å². The molecule has 0 aromatic rings. The molecule has 3 heteroatoms. The van der Waals surface area contributed by atoms with Crippen LogP contribution < -0.4 is 5.32 Å². The predicted octanol–water partition coefficient (Wildman–Crippen LogP) is 2.78. The van der Waals surface area contributed by atoms with Crippen molar-refractivity contribution in [3.63, 3.8) is 0 Å². The first kappa shape index (κ1) is 14.8. The Hall–Kier alpha value is -0.590. The Morgan fingerprint density at radius 3 is 2.42 bits per heavy atom. The molecule has 19 heavy (non-hydrogen) atoms. The van der Waals surface area contributed by atoms with Gasteiger partial charge in [-0.2, -0.15) is 5.26 Å². The number of rotatable bonds is 9. The SMILES string of the molecule is CCCNC(C#N)(CN(CC1CC1)C(C)C)C1CC1. The van der Waals surface area contributed by atoms with Crippen molar-refractivity contribution in [1.82, 2.24) is 10.2 Å². The van der Waals surface area contributed by atoms with Crippen molar-refractivity contribution in [3.8, 4) is 6.07 Å². The van der Waals surface area contributed by atoms with Gasteiger partial charge in [0.05, 0.1) is 6.07 Å². The van der Waals surface area contributed by atoms with Crippen LogP contribution in [0.25, 0.3) is 0 Å². The van der Waals surface area contributed by atoms with Gasteiger partial charge in [0, 0.05) is 19.1 Å². The molecule has 1 atom stereocenters. The highest BCUT2D eigenvalue weighted by Crippen LogP contribution is 2.41. The standard InChI is InChI=1S/C16H29N3/c1-4-9-18-16(11-17,15-7-8-15)12-19(13(2)3)10-14-5-6-14/h13-15,18H,4-10,12H2,1-3H3. The highest BCUT2D eigenvalue weighted by molar-refractivity contribution is 5.17. The summed E-state index contributed by atoms with van der Waals surface area (Å²) in [6, 6.07) is 3.18. The summed E-state index contributed by atoms with van der Waals surface area (Å²) < 4.78 is 0. The molecule has 0 saturated heterocycles. The Kier molecular flexibility index (Phi) is 4.86. The monoisotopic (exact) mass is 263 g/mol. The van der Waals surface area contributed by atoms with E-state index in [-0.39, 0.29) is 5.54 Å². The molecule has 0 amide bonds. The van der Waals surface area contributed by atoms with Crippen LogP contribution >= 0.6 is 0 Å². The topological polar surface area (TPSA) is 39.1 Å². The number of hydrogen-bond donors (Lipinski definition) is 1. The summed E-state index contributed by atoms with van der Waals surface area (Å²) in [4.78, 5) is 2.53. The molecular formula is C16H29N3. The summed E-state index contributed by atoms with van der Waals surface area (Å²) in [5.41, 5.74) is -0.296. The molecule has 2 fully saturated rings. The Morgan fingerprint density at radius 2 is 2.00 bits per heavy atom. The summed E-state index contributed by atoms with van der Waals surface area (Å²) in [5, 5.41) is 13.3. The van der Waals surface area contributed by atoms with Crippen LogP contribution in [0.5, 0.6) is 0 Å². The van der Waals surface area contributed by atoms with Crippen LogP contribution in [0.3, 0.4) is 0 Å². The lowest BCUT2D eigenvalue weighted by atomic mass is 9.93. The molecule has 2 aliphatic rings. The largest absolute Gasteiger partial charge is 0.298 e. The zero-order valence-electron chi connectivity index (χ0n) is 12.8. The van der Waals surface area contributed by atoms with E-state index in [0.717, 1.165) is 25.4 Å². The second kappa shape index (κ2) is 6.24. The van der Waals surface area contributed by atoms with Crippen molar-refractivity contribution >= 4 is 0 Å². The molecular weight excluding hydrogens is 234 g/mol. The van der Waals surface area contributed by atoms with Gasteiger partial charge in [0.15, 0.2) is 0 Å². The molecule has 0 bridgehead atoms. The van der Waals surface area contributed by atoms with E-state index < -0.39 is 0 Å². The van der Waals surface area contributed by atoms with E-state index in [9.17, 15) is 5.26 Å². The molecule has 2 aliphatic carbocycles. The number of nitrogens with one attached hydrogen (secondary N) is 1. The van der Waals surface area contributed by atoms with Crippen molar-refractivity contribution in [2.45, 2.75) is 64.5 Å². The van der Waals surface area contributed by atoms with Crippen LogP contribution in [0.1, 0.15) is 52.9 Å². The van der Waals surface area contributed by atoms with Gasteiger partial charge in [0.2, 0.25) is 0 Å². The molecule has 1 N–H and O–H groups in total. The second-order valence-electron chi connectivity index (χ2n) is 6.75. The smallest absolute Gasteiger partial charge is 0.122 e. The second-order valence-corrected chi connectivity index (χ2v) is 6.75. The first-order valence-electron chi connectivity index (χ1n) is 8.01. The maximum atomic E-state index is 9.75. The average Bonchev–Trinajstić information content (AvgIpc) is 3.26. The maximum absolute atomic E-state index is 9.75. The molecule has 0 aromatic carbocycles. The van der Waals surface area contributed by atoms with Gasteiger partial charge in [-0.25, -0.2) is 0 Å². The molecule has 0 heterocycles. The highest BCUT2D eigenvalue weighted by atomic mass is 15.2. The van der Waals surface area contributed by atoms with Crippen molar-refractivity contribution in [3.05, 3.63) is 0 Å². The van der Waals surface area contributed by atoms with E-state index in [0.29, 0.717) is 12.0 Å². The van der Waals surface area contributed by atoms with Crippen molar-refractivity contribution in [2.75, 3.05) is 19.6 Å². The van der Waals surface area contributed by atoms with Crippen LogP contribution in [0.4, 0.5) is 0 Å². The van der Waals surface area contributed by atoms with Gasteiger partial charge in [0.25, 0.3) is 0 Å². The molecule has 0 aromatic heterocycles. The van der Waals surface area contributed by atoms with Gasteiger partial charge >= 0.3 is 0 Å². The third-order valence-corrected chi connectivity index (χ3v) is 4.54. The van der Waals surface area contributed by atoms with Gasteiger partial charge in [-0.05, 0) is 64.3 Å². The van der Waals surface area contributed by atoms with E-state index in [1.807, 2.05) is 0 Å². The van der Waals surface area contributed by atoms with E-state index in [1.54, 1.807) is 0 Å². The first-order chi connectivity index (χ1) is 9.11. The summed E-state index contributed by atoms with van der Waals surface area (Å²) in [6.07, 6.45) is 6.31. The Bertz CT molecular complexity index is 325. The van der Waals surface area contributed by atoms with Gasteiger partial charge in [-0.15, -0.1) is 0 Å². The minimum Gasteiger partial charge on any atom is -0.298 e. The number of nitrogens with zero attached hydrogens (tertiary/aromatic N) is 2. The fourth-order valence-corrected chi connectivity index (χ4v) is 2.83. The van der Waals surface area contributed by atoms with Gasteiger partial charge in [-0.3, -0.25) is 10.2 Å². The minimum atomic E-state index is -0.296. The first-order valence-corrected chi connectivity index (χ1v) is 8.01. The summed E-state index contributed by atoms with van der Waals surface area (Å²) >= 11 is 0. The molecule has 1 unspecified atom stereocenters. The molecule has 2 rings (SSSR count). The zero-order chi connectivity index (χ0) is 13.9. The fraction of sp³-hybridized carbons (Fsp3) is 0.938. The molecule has 0 radical (unpaired) electrons. The molecule has 0 aliphatic heterocycles. The highest BCUT2D eigenvalue weighted by Gasteiger charge is 2.47. The lowest BCUT2D eigenvalue weighted by Crippen LogP contribution is -2.56. The minimum absolute atomic E-state index is 0.296. The fourth-order valence-electron chi connectivity index (χ4n) is 2.83. The Morgan fingerprint density at radius 1 is 1.32 bits per heavy atom. The van der Waals surface area contributed by atoms with Crippen molar-refractivity contribution in [1.29, 1.82) is 5.26 Å².